The van der Waals surface area contributed by atoms with E-state index >= 15 is 0 Å². The van der Waals surface area contributed by atoms with E-state index in [0.717, 1.165) is 16.6 Å². The number of nitrogens with one attached hydrogen (secondary N) is 1. The van der Waals surface area contributed by atoms with Crippen LogP contribution >= 0.6 is 0 Å². The third-order valence-corrected chi connectivity index (χ3v) is 5.59. The minimum absolute atomic E-state index is 0.0124. The topological polar surface area (TPSA) is 112 Å². The lowest BCUT2D eigenvalue weighted by Gasteiger charge is -2.15. The highest BCUT2D eigenvalue weighted by molar-refractivity contribution is 6.02. The Morgan fingerprint density at radius 1 is 1.03 bits per heavy atom. The molecule has 0 saturated heterocycles. The van der Waals surface area contributed by atoms with Gasteiger partial charge in [-0.15, -0.1) is 0 Å². The summed E-state index contributed by atoms with van der Waals surface area (Å²) in [6.45, 7) is 3.12. The molecule has 178 valence electrons. The van der Waals surface area contributed by atoms with Crippen LogP contribution in [0.5, 0.6) is 0 Å². The van der Waals surface area contributed by atoms with Crippen LogP contribution in [0.1, 0.15) is 28.5 Å². The molecule has 2 aromatic heterocycles. The number of esters is 1. The number of benzene rings is 2. The lowest BCUT2D eigenvalue weighted by Crippen LogP contribution is -2.43. The number of aryl methyl sites for hydroxylation is 2. The number of carbonyl (C=O) groups is 2. The fourth-order valence-electron chi connectivity index (χ4n) is 3.85. The second-order valence-electron chi connectivity index (χ2n) is 7.94. The quantitative estimate of drug-likeness (QED) is 0.432. The van der Waals surface area contributed by atoms with Gasteiger partial charge in [-0.1, -0.05) is 37.3 Å². The van der Waals surface area contributed by atoms with Gasteiger partial charge in [0.25, 0.3) is 5.56 Å². The number of hydrogen-bond acceptors (Lipinski definition) is 6. The Labute approximate surface area is 200 Å². The van der Waals surface area contributed by atoms with Crippen molar-refractivity contribution in [3.8, 4) is 5.69 Å². The number of ether oxygens (including phenoxy) is 1. The number of hydrogen-bond donors (Lipinski definition) is 1. The number of para-hydroxylation sites is 1. The minimum Gasteiger partial charge on any atom is -0.465 e. The standard InChI is InChI=1S/C26H24N4O5/c1-4-17-10-12-18(13-11-17)28-21(31)15-29-24(32)22-20(25(33)35-3)14-16(2)27-23(22)30(26(29)34)19-8-6-5-7-9-19/h5-14H,4,15H2,1-3H3,(H,28,31). The Hall–Kier alpha value is -4.53. The first-order chi connectivity index (χ1) is 16.8. The zero-order valence-corrected chi connectivity index (χ0v) is 19.6. The average molecular weight is 473 g/mol. The van der Waals surface area contributed by atoms with Crippen LogP contribution in [0.2, 0.25) is 0 Å². The minimum atomic E-state index is -0.804. The molecule has 2 aromatic carbocycles. The van der Waals surface area contributed by atoms with Gasteiger partial charge in [0.05, 0.1) is 23.7 Å². The van der Waals surface area contributed by atoms with Gasteiger partial charge in [0.2, 0.25) is 5.91 Å². The number of carbonyl (C=O) groups excluding carboxylic acids is 2. The van der Waals surface area contributed by atoms with Crippen LogP contribution in [0.15, 0.2) is 70.3 Å². The molecule has 0 atom stereocenters. The molecule has 9 heteroatoms. The summed E-state index contributed by atoms with van der Waals surface area (Å²) in [4.78, 5) is 56.8. The van der Waals surface area contributed by atoms with E-state index in [2.05, 4.69) is 10.3 Å². The van der Waals surface area contributed by atoms with Crippen LogP contribution in [0, 0.1) is 6.92 Å². The number of anilines is 1. The first kappa shape index (κ1) is 23.6. The molecule has 1 N–H and O–H groups in total. The van der Waals surface area contributed by atoms with Crippen molar-refractivity contribution in [3.05, 3.63) is 98.3 Å². The Bertz CT molecular complexity index is 1540. The van der Waals surface area contributed by atoms with Gasteiger partial charge < -0.3 is 10.1 Å². The van der Waals surface area contributed by atoms with Gasteiger partial charge in [0.15, 0.2) is 5.65 Å². The fourth-order valence-corrected chi connectivity index (χ4v) is 3.85. The van der Waals surface area contributed by atoms with E-state index in [1.807, 2.05) is 19.1 Å². The van der Waals surface area contributed by atoms with Crippen molar-refractivity contribution >= 4 is 28.6 Å². The normalized spacial score (nSPS) is 10.8. The zero-order chi connectivity index (χ0) is 25.1. The van der Waals surface area contributed by atoms with E-state index in [1.165, 1.54) is 17.7 Å². The Kier molecular flexibility index (Phi) is 6.59. The van der Waals surface area contributed by atoms with Gasteiger partial charge in [0, 0.05) is 11.4 Å². The average Bonchev–Trinajstić information content (AvgIpc) is 2.86. The maximum absolute atomic E-state index is 13.5. The smallest absolute Gasteiger partial charge is 0.338 e. The van der Waals surface area contributed by atoms with Gasteiger partial charge in [-0.05, 0) is 49.2 Å². The predicted molar refractivity (Wildman–Crippen MR) is 132 cm³/mol. The SMILES string of the molecule is CCc1ccc(NC(=O)Cn2c(=O)c3c(C(=O)OC)cc(C)nc3n(-c3ccccc3)c2=O)cc1. The molecule has 0 aliphatic heterocycles. The van der Waals surface area contributed by atoms with Gasteiger partial charge in [-0.25, -0.2) is 23.7 Å². The molecular weight excluding hydrogens is 448 g/mol. The second kappa shape index (κ2) is 9.76. The van der Waals surface area contributed by atoms with Crippen molar-refractivity contribution in [1.82, 2.24) is 14.1 Å². The summed E-state index contributed by atoms with van der Waals surface area (Å²) >= 11 is 0. The molecule has 0 fully saturated rings. The number of nitrogens with zero attached hydrogens (tertiary/aromatic N) is 3. The molecule has 1 amide bonds. The van der Waals surface area contributed by atoms with E-state index in [0.29, 0.717) is 17.1 Å². The summed E-state index contributed by atoms with van der Waals surface area (Å²) in [7, 11) is 1.20. The predicted octanol–water partition coefficient (Wildman–Crippen LogP) is 2.84. The molecule has 9 nitrogen and oxygen atoms in total. The van der Waals surface area contributed by atoms with E-state index in [4.69, 9.17) is 4.74 Å². The number of rotatable bonds is 6. The van der Waals surface area contributed by atoms with Gasteiger partial charge >= 0.3 is 11.7 Å². The van der Waals surface area contributed by atoms with Gasteiger partial charge in [-0.2, -0.15) is 0 Å². The molecule has 2 heterocycles. The highest BCUT2D eigenvalue weighted by Crippen LogP contribution is 2.18. The third-order valence-electron chi connectivity index (χ3n) is 5.59. The summed E-state index contributed by atoms with van der Waals surface area (Å²) in [6.07, 6.45) is 0.857. The molecule has 0 aliphatic carbocycles. The Morgan fingerprint density at radius 2 is 1.71 bits per heavy atom. The molecule has 4 rings (SSSR count). The summed E-state index contributed by atoms with van der Waals surface area (Å²) in [5.74, 6) is -1.31. The maximum Gasteiger partial charge on any atom is 0.338 e. The molecule has 0 radical (unpaired) electrons. The number of aromatic nitrogens is 3. The van der Waals surface area contributed by atoms with E-state index in [1.54, 1.807) is 49.4 Å². The van der Waals surface area contributed by atoms with Crippen molar-refractivity contribution in [2.75, 3.05) is 12.4 Å². The molecule has 0 unspecified atom stereocenters. The van der Waals surface area contributed by atoms with Crippen LogP contribution in [-0.4, -0.2) is 33.1 Å². The van der Waals surface area contributed by atoms with Gasteiger partial charge in [-0.3, -0.25) is 9.59 Å². The van der Waals surface area contributed by atoms with Gasteiger partial charge in [0.1, 0.15) is 6.54 Å². The third kappa shape index (κ3) is 4.61. The number of fused-ring (bicyclic) bond motifs is 1. The lowest BCUT2D eigenvalue weighted by molar-refractivity contribution is -0.116. The van der Waals surface area contributed by atoms with Crippen LogP contribution in [-0.2, 0) is 22.5 Å². The summed E-state index contributed by atoms with van der Waals surface area (Å²) < 4.78 is 6.89. The zero-order valence-electron chi connectivity index (χ0n) is 19.6. The molecular formula is C26H24N4O5. The highest BCUT2D eigenvalue weighted by Gasteiger charge is 2.23. The van der Waals surface area contributed by atoms with Crippen molar-refractivity contribution in [3.63, 3.8) is 0 Å². The van der Waals surface area contributed by atoms with Crippen molar-refractivity contribution in [2.24, 2.45) is 0 Å². The largest absolute Gasteiger partial charge is 0.465 e. The monoisotopic (exact) mass is 472 g/mol. The number of pyridine rings is 1. The van der Waals surface area contributed by atoms with Crippen molar-refractivity contribution in [2.45, 2.75) is 26.8 Å². The van der Waals surface area contributed by atoms with Crippen LogP contribution in [0.4, 0.5) is 5.69 Å². The van der Waals surface area contributed by atoms with Crippen molar-refractivity contribution < 1.29 is 14.3 Å². The Morgan fingerprint density at radius 3 is 2.34 bits per heavy atom. The second-order valence-corrected chi connectivity index (χ2v) is 7.94. The van der Waals surface area contributed by atoms with E-state index < -0.39 is 29.7 Å². The maximum atomic E-state index is 13.5. The fraction of sp³-hybridized carbons (Fsp3) is 0.192. The summed E-state index contributed by atoms with van der Waals surface area (Å²) in [5, 5.41) is 2.60. The van der Waals surface area contributed by atoms with E-state index in [9.17, 15) is 19.2 Å². The molecule has 4 aromatic rings. The number of amides is 1. The summed E-state index contributed by atoms with van der Waals surface area (Å²) in [5.41, 5.74) is 0.927. The molecule has 0 bridgehead atoms. The number of methoxy groups -OCH3 is 1. The first-order valence-corrected chi connectivity index (χ1v) is 11.0. The first-order valence-electron chi connectivity index (χ1n) is 11.0. The summed E-state index contributed by atoms with van der Waals surface area (Å²) in [6, 6.07) is 17.3. The Balaban J connectivity index is 1.91. The van der Waals surface area contributed by atoms with Crippen LogP contribution in [0.3, 0.4) is 0 Å². The highest BCUT2D eigenvalue weighted by atomic mass is 16.5. The molecule has 35 heavy (non-hydrogen) atoms. The van der Waals surface area contributed by atoms with Crippen LogP contribution in [0.25, 0.3) is 16.7 Å². The van der Waals surface area contributed by atoms with E-state index in [-0.39, 0.29) is 16.6 Å². The van der Waals surface area contributed by atoms with Crippen LogP contribution < -0.4 is 16.6 Å². The molecule has 0 aliphatic rings. The van der Waals surface area contributed by atoms with Crippen molar-refractivity contribution in [1.29, 1.82) is 0 Å². The molecule has 0 spiro atoms. The molecule has 0 saturated carbocycles. The lowest BCUT2D eigenvalue weighted by atomic mass is 10.1.